The third kappa shape index (κ3) is 3.09. The number of nitrogen functional groups attached to an aromatic ring is 1. The van der Waals surface area contributed by atoms with E-state index in [0.29, 0.717) is 23.6 Å². The monoisotopic (exact) mass is 293 g/mol. The fraction of sp³-hybridized carbons (Fsp3) is 0.0526. The second kappa shape index (κ2) is 6.31. The van der Waals surface area contributed by atoms with Crippen LogP contribution in [-0.2, 0) is 6.61 Å². The van der Waals surface area contributed by atoms with Crippen LogP contribution in [0.3, 0.4) is 0 Å². The maximum atomic E-state index is 13.9. The lowest BCUT2D eigenvalue weighted by Gasteiger charge is -2.11. The summed E-state index contributed by atoms with van der Waals surface area (Å²) >= 11 is 0. The zero-order valence-corrected chi connectivity index (χ0v) is 12.0. The predicted molar refractivity (Wildman–Crippen MR) is 87.0 cm³/mol. The summed E-state index contributed by atoms with van der Waals surface area (Å²) < 4.78 is 19.7. The number of ether oxygens (including phenoxy) is 1. The summed E-state index contributed by atoms with van der Waals surface area (Å²) in [5, 5.41) is 0. The van der Waals surface area contributed by atoms with Gasteiger partial charge < -0.3 is 10.5 Å². The van der Waals surface area contributed by atoms with Crippen molar-refractivity contribution in [3.05, 3.63) is 84.2 Å². The van der Waals surface area contributed by atoms with Crippen molar-refractivity contribution in [1.29, 1.82) is 0 Å². The SMILES string of the molecule is Nc1ccc(-c2ccccc2F)cc1OCc1ccccc1. The molecule has 0 aliphatic rings. The van der Waals surface area contributed by atoms with E-state index in [0.717, 1.165) is 11.1 Å². The van der Waals surface area contributed by atoms with E-state index in [4.69, 9.17) is 10.5 Å². The van der Waals surface area contributed by atoms with E-state index in [9.17, 15) is 4.39 Å². The number of rotatable bonds is 4. The zero-order chi connectivity index (χ0) is 15.4. The van der Waals surface area contributed by atoms with E-state index in [1.165, 1.54) is 6.07 Å². The average Bonchev–Trinajstić information content (AvgIpc) is 2.56. The van der Waals surface area contributed by atoms with E-state index in [2.05, 4.69) is 0 Å². The van der Waals surface area contributed by atoms with Gasteiger partial charge in [0.25, 0.3) is 0 Å². The minimum atomic E-state index is -0.263. The van der Waals surface area contributed by atoms with Gasteiger partial charge in [-0.15, -0.1) is 0 Å². The molecule has 0 saturated carbocycles. The van der Waals surface area contributed by atoms with Crippen molar-refractivity contribution < 1.29 is 9.13 Å². The first-order valence-corrected chi connectivity index (χ1v) is 7.05. The Balaban J connectivity index is 1.86. The normalized spacial score (nSPS) is 10.4. The molecule has 0 heterocycles. The highest BCUT2D eigenvalue weighted by Crippen LogP contribution is 2.30. The molecule has 3 heteroatoms. The minimum absolute atomic E-state index is 0.263. The highest BCUT2D eigenvalue weighted by Gasteiger charge is 2.08. The van der Waals surface area contributed by atoms with Gasteiger partial charge in [-0.3, -0.25) is 0 Å². The number of anilines is 1. The Morgan fingerprint density at radius 1 is 0.864 bits per heavy atom. The fourth-order valence-electron chi connectivity index (χ4n) is 2.26. The van der Waals surface area contributed by atoms with Crippen molar-refractivity contribution in [3.63, 3.8) is 0 Å². The van der Waals surface area contributed by atoms with Crippen molar-refractivity contribution in [2.75, 3.05) is 5.73 Å². The third-order valence-corrected chi connectivity index (χ3v) is 3.44. The molecule has 0 bridgehead atoms. The summed E-state index contributed by atoms with van der Waals surface area (Å²) in [4.78, 5) is 0. The van der Waals surface area contributed by atoms with Crippen molar-refractivity contribution >= 4 is 5.69 Å². The van der Waals surface area contributed by atoms with E-state index in [-0.39, 0.29) is 5.82 Å². The van der Waals surface area contributed by atoms with Crippen molar-refractivity contribution in [2.24, 2.45) is 0 Å². The molecule has 0 saturated heterocycles. The molecule has 0 atom stereocenters. The van der Waals surface area contributed by atoms with Crippen LogP contribution in [0.2, 0.25) is 0 Å². The van der Waals surface area contributed by atoms with Crippen LogP contribution in [0, 0.1) is 5.82 Å². The molecule has 0 spiro atoms. The van der Waals surface area contributed by atoms with Crippen LogP contribution in [0.25, 0.3) is 11.1 Å². The van der Waals surface area contributed by atoms with Gasteiger partial charge in [-0.25, -0.2) is 4.39 Å². The van der Waals surface area contributed by atoms with Gasteiger partial charge in [-0.2, -0.15) is 0 Å². The Bertz CT molecular complexity index is 771. The zero-order valence-electron chi connectivity index (χ0n) is 12.0. The standard InChI is InChI=1S/C19H16FNO/c20-17-9-5-4-8-16(17)15-10-11-18(21)19(12-15)22-13-14-6-2-1-3-7-14/h1-12H,13,21H2. The molecule has 3 rings (SSSR count). The van der Waals surface area contributed by atoms with Gasteiger partial charge in [0.2, 0.25) is 0 Å². The summed E-state index contributed by atoms with van der Waals surface area (Å²) in [6.45, 7) is 0.422. The highest BCUT2D eigenvalue weighted by atomic mass is 19.1. The van der Waals surface area contributed by atoms with Gasteiger partial charge in [0.1, 0.15) is 18.2 Å². The van der Waals surface area contributed by atoms with E-state index < -0.39 is 0 Å². The Morgan fingerprint density at radius 3 is 2.36 bits per heavy atom. The molecule has 0 fully saturated rings. The fourth-order valence-corrected chi connectivity index (χ4v) is 2.26. The number of hydrogen-bond acceptors (Lipinski definition) is 2. The lowest BCUT2D eigenvalue weighted by molar-refractivity contribution is 0.308. The first kappa shape index (κ1) is 14.1. The first-order chi connectivity index (χ1) is 10.7. The van der Waals surface area contributed by atoms with Gasteiger partial charge in [0.05, 0.1) is 5.69 Å². The van der Waals surface area contributed by atoms with Crippen LogP contribution in [0.15, 0.2) is 72.8 Å². The van der Waals surface area contributed by atoms with Crippen LogP contribution >= 0.6 is 0 Å². The van der Waals surface area contributed by atoms with Crippen molar-refractivity contribution in [3.8, 4) is 16.9 Å². The second-order valence-electron chi connectivity index (χ2n) is 5.01. The van der Waals surface area contributed by atoms with Gasteiger partial charge in [0.15, 0.2) is 0 Å². The van der Waals surface area contributed by atoms with Crippen molar-refractivity contribution in [1.82, 2.24) is 0 Å². The molecule has 0 aromatic heterocycles. The Hall–Kier alpha value is -2.81. The van der Waals surface area contributed by atoms with Crippen LogP contribution in [0.1, 0.15) is 5.56 Å². The summed E-state index contributed by atoms with van der Waals surface area (Å²) in [5.41, 5.74) is 8.82. The van der Waals surface area contributed by atoms with Gasteiger partial charge in [0, 0.05) is 5.56 Å². The average molecular weight is 293 g/mol. The molecule has 110 valence electrons. The lowest BCUT2D eigenvalue weighted by atomic mass is 10.0. The molecule has 0 radical (unpaired) electrons. The highest BCUT2D eigenvalue weighted by molar-refractivity contribution is 5.70. The number of nitrogens with two attached hydrogens (primary N) is 1. The summed E-state index contributed by atoms with van der Waals surface area (Å²) in [6.07, 6.45) is 0. The maximum absolute atomic E-state index is 13.9. The molecule has 3 aromatic carbocycles. The summed E-state index contributed by atoms with van der Waals surface area (Å²) in [6, 6.07) is 21.8. The van der Waals surface area contributed by atoms with E-state index >= 15 is 0 Å². The number of halogens is 1. The predicted octanol–water partition coefficient (Wildman–Crippen LogP) is 4.65. The van der Waals surface area contributed by atoms with Crippen LogP contribution in [0.4, 0.5) is 10.1 Å². The topological polar surface area (TPSA) is 35.2 Å². The van der Waals surface area contributed by atoms with E-state index in [1.54, 1.807) is 36.4 Å². The van der Waals surface area contributed by atoms with Crippen molar-refractivity contribution in [2.45, 2.75) is 6.61 Å². The minimum Gasteiger partial charge on any atom is -0.487 e. The molecule has 3 aromatic rings. The number of benzene rings is 3. The quantitative estimate of drug-likeness (QED) is 0.710. The smallest absolute Gasteiger partial charge is 0.143 e. The molecule has 0 aliphatic carbocycles. The molecule has 2 nitrogen and oxygen atoms in total. The Kier molecular flexibility index (Phi) is 4.05. The maximum Gasteiger partial charge on any atom is 0.143 e. The Morgan fingerprint density at radius 2 is 1.59 bits per heavy atom. The van der Waals surface area contributed by atoms with Gasteiger partial charge in [-0.05, 0) is 29.3 Å². The van der Waals surface area contributed by atoms with Crippen LogP contribution in [-0.4, -0.2) is 0 Å². The van der Waals surface area contributed by atoms with Gasteiger partial charge >= 0.3 is 0 Å². The molecular formula is C19H16FNO. The summed E-state index contributed by atoms with van der Waals surface area (Å²) in [7, 11) is 0. The number of hydrogen-bond donors (Lipinski definition) is 1. The third-order valence-electron chi connectivity index (χ3n) is 3.44. The molecule has 22 heavy (non-hydrogen) atoms. The van der Waals surface area contributed by atoms with Crippen LogP contribution in [0.5, 0.6) is 5.75 Å². The molecular weight excluding hydrogens is 277 g/mol. The van der Waals surface area contributed by atoms with Gasteiger partial charge in [-0.1, -0.05) is 54.6 Å². The molecule has 2 N–H and O–H groups in total. The lowest BCUT2D eigenvalue weighted by Crippen LogP contribution is -1.99. The molecule has 0 aliphatic heterocycles. The largest absolute Gasteiger partial charge is 0.487 e. The van der Waals surface area contributed by atoms with Crippen LogP contribution < -0.4 is 10.5 Å². The van der Waals surface area contributed by atoms with E-state index in [1.807, 2.05) is 30.3 Å². The molecule has 0 unspecified atom stereocenters. The summed E-state index contributed by atoms with van der Waals surface area (Å²) in [5.74, 6) is 0.297. The first-order valence-electron chi connectivity index (χ1n) is 7.05. The molecule has 0 amide bonds. The Labute approximate surface area is 129 Å². The second-order valence-corrected chi connectivity index (χ2v) is 5.01.